The molecule has 1 unspecified atom stereocenters. The minimum absolute atomic E-state index is 0.0877. The first-order chi connectivity index (χ1) is 6.61. The molecule has 1 saturated carbocycles. The standard InChI is InChI=1S/C9H10F2N2O/c1-2-7-12-8(13-14-7)6-3-4-9(10,11)5-6/h2,6H,1,3-5H2. The Morgan fingerprint density at radius 3 is 2.86 bits per heavy atom. The van der Waals surface area contributed by atoms with Crippen molar-refractivity contribution in [3.63, 3.8) is 0 Å². The van der Waals surface area contributed by atoms with Crippen LogP contribution >= 0.6 is 0 Å². The van der Waals surface area contributed by atoms with Gasteiger partial charge in [-0.2, -0.15) is 4.98 Å². The average Bonchev–Trinajstić information content (AvgIpc) is 2.70. The molecule has 0 saturated heterocycles. The Kier molecular flexibility index (Phi) is 2.09. The Labute approximate surface area is 79.8 Å². The summed E-state index contributed by atoms with van der Waals surface area (Å²) in [4.78, 5) is 3.95. The van der Waals surface area contributed by atoms with Gasteiger partial charge in [-0.3, -0.25) is 0 Å². The highest BCUT2D eigenvalue weighted by atomic mass is 19.3. The van der Waals surface area contributed by atoms with Crippen LogP contribution in [0.5, 0.6) is 0 Å². The van der Waals surface area contributed by atoms with Crippen LogP contribution in [0.2, 0.25) is 0 Å². The highest BCUT2D eigenvalue weighted by Gasteiger charge is 2.41. The van der Waals surface area contributed by atoms with Gasteiger partial charge in [0.2, 0.25) is 11.8 Å². The van der Waals surface area contributed by atoms with Crippen LogP contribution in [0.3, 0.4) is 0 Å². The van der Waals surface area contributed by atoms with Gasteiger partial charge in [0.25, 0.3) is 0 Å². The first-order valence-electron chi connectivity index (χ1n) is 4.44. The van der Waals surface area contributed by atoms with E-state index in [1.807, 2.05) is 0 Å². The molecule has 1 aromatic heterocycles. The summed E-state index contributed by atoms with van der Waals surface area (Å²) in [7, 11) is 0. The number of halogens is 2. The largest absolute Gasteiger partial charge is 0.335 e. The summed E-state index contributed by atoms with van der Waals surface area (Å²) >= 11 is 0. The van der Waals surface area contributed by atoms with Crippen LogP contribution in [-0.2, 0) is 0 Å². The zero-order chi connectivity index (χ0) is 10.2. The van der Waals surface area contributed by atoms with Gasteiger partial charge in [-0.1, -0.05) is 11.7 Å². The van der Waals surface area contributed by atoms with Gasteiger partial charge < -0.3 is 4.52 Å². The fourth-order valence-electron chi connectivity index (χ4n) is 1.67. The molecular formula is C9H10F2N2O. The number of hydrogen-bond donors (Lipinski definition) is 0. The van der Waals surface area contributed by atoms with Crippen molar-refractivity contribution in [1.29, 1.82) is 0 Å². The molecule has 0 spiro atoms. The van der Waals surface area contributed by atoms with Gasteiger partial charge in [-0.25, -0.2) is 8.78 Å². The molecule has 1 aliphatic carbocycles. The molecule has 0 N–H and O–H groups in total. The van der Waals surface area contributed by atoms with E-state index in [4.69, 9.17) is 4.52 Å². The van der Waals surface area contributed by atoms with E-state index in [-0.39, 0.29) is 24.7 Å². The lowest BCUT2D eigenvalue weighted by molar-refractivity contribution is 0.00750. The highest BCUT2D eigenvalue weighted by molar-refractivity contribution is 5.32. The zero-order valence-electron chi connectivity index (χ0n) is 7.54. The molecule has 5 heteroatoms. The molecule has 0 aliphatic heterocycles. The van der Waals surface area contributed by atoms with E-state index in [2.05, 4.69) is 16.7 Å². The topological polar surface area (TPSA) is 38.9 Å². The van der Waals surface area contributed by atoms with Gasteiger partial charge in [0, 0.05) is 18.8 Å². The summed E-state index contributed by atoms with van der Waals surface area (Å²) in [5.41, 5.74) is 0. The van der Waals surface area contributed by atoms with Crippen LogP contribution in [-0.4, -0.2) is 16.1 Å². The van der Waals surface area contributed by atoms with Crippen molar-refractivity contribution in [3.8, 4) is 0 Å². The molecular weight excluding hydrogens is 190 g/mol. The minimum Gasteiger partial charge on any atom is -0.335 e. The number of alkyl halides is 2. The van der Waals surface area contributed by atoms with E-state index in [0.29, 0.717) is 12.2 Å². The van der Waals surface area contributed by atoms with E-state index >= 15 is 0 Å². The molecule has 1 aromatic rings. The Bertz CT molecular complexity index is 348. The number of aromatic nitrogens is 2. The normalized spacial score (nSPS) is 25.1. The Balaban J connectivity index is 2.13. The van der Waals surface area contributed by atoms with E-state index in [9.17, 15) is 8.78 Å². The summed E-state index contributed by atoms with van der Waals surface area (Å²) < 4.78 is 30.5. The fraction of sp³-hybridized carbons (Fsp3) is 0.556. The molecule has 1 fully saturated rings. The Hall–Kier alpha value is -1.26. The molecule has 14 heavy (non-hydrogen) atoms. The van der Waals surface area contributed by atoms with Crippen molar-refractivity contribution < 1.29 is 13.3 Å². The van der Waals surface area contributed by atoms with Crippen LogP contribution in [0.4, 0.5) is 8.78 Å². The second kappa shape index (κ2) is 3.15. The third-order valence-corrected chi connectivity index (χ3v) is 2.40. The van der Waals surface area contributed by atoms with Gasteiger partial charge in [-0.05, 0) is 12.5 Å². The lowest BCUT2D eigenvalue weighted by atomic mass is 10.1. The summed E-state index contributed by atoms with van der Waals surface area (Å²) in [6.07, 6.45) is 1.56. The van der Waals surface area contributed by atoms with Crippen molar-refractivity contribution in [2.24, 2.45) is 0 Å². The second-order valence-corrected chi connectivity index (χ2v) is 3.49. The van der Waals surface area contributed by atoms with Crippen molar-refractivity contribution >= 4 is 6.08 Å². The molecule has 1 aliphatic rings. The molecule has 0 amide bonds. The summed E-state index contributed by atoms with van der Waals surface area (Å²) in [5.74, 6) is -2.19. The zero-order valence-corrected chi connectivity index (χ0v) is 7.54. The molecule has 0 bridgehead atoms. The van der Waals surface area contributed by atoms with Crippen molar-refractivity contribution in [2.45, 2.75) is 31.1 Å². The van der Waals surface area contributed by atoms with E-state index in [1.165, 1.54) is 6.08 Å². The van der Waals surface area contributed by atoms with Gasteiger partial charge in [0.15, 0.2) is 5.82 Å². The molecule has 1 atom stereocenters. The monoisotopic (exact) mass is 200 g/mol. The molecule has 0 aromatic carbocycles. The number of rotatable bonds is 2. The van der Waals surface area contributed by atoms with Crippen molar-refractivity contribution in [3.05, 3.63) is 18.3 Å². The third kappa shape index (κ3) is 1.66. The first kappa shape index (κ1) is 9.30. The Morgan fingerprint density at radius 1 is 1.57 bits per heavy atom. The maximum absolute atomic E-state index is 12.9. The number of hydrogen-bond acceptors (Lipinski definition) is 3. The van der Waals surface area contributed by atoms with Crippen LogP contribution in [0, 0.1) is 0 Å². The van der Waals surface area contributed by atoms with E-state index in [1.54, 1.807) is 0 Å². The van der Waals surface area contributed by atoms with Gasteiger partial charge in [0.1, 0.15) is 0 Å². The second-order valence-electron chi connectivity index (χ2n) is 3.49. The smallest absolute Gasteiger partial charge is 0.250 e. The van der Waals surface area contributed by atoms with E-state index < -0.39 is 5.92 Å². The fourth-order valence-corrected chi connectivity index (χ4v) is 1.67. The Morgan fingerprint density at radius 2 is 2.36 bits per heavy atom. The first-order valence-corrected chi connectivity index (χ1v) is 4.44. The summed E-state index contributed by atoms with van der Waals surface area (Å²) in [6.45, 7) is 3.46. The number of nitrogens with zero attached hydrogens (tertiary/aromatic N) is 2. The predicted molar refractivity (Wildman–Crippen MR) is 45.9 cm³/mol. The van der Waals surface area contributed by atoms with Gasteiger partial charge in [0.05, 0.1) is 0 Å². The quantitative estimate of drug-likeness (QED) is 0.736. The van der Waals surface area contributed by atoms with E-state index in [0.717, 1.165) is 0 Å². The minimum atomic E-state index is -2.57. The highest BCUT2D eigenvalue weighted by Crippen LogP contribution is 2.43. The van der Waals surface area contributed by atoms with Crippen molar-refractivity contribution in [2.75, 3.05) is 0 Å². The predicted octanol–water partition coefficient (Wildman–Crippen LogP) is 2.62. The molecule has 76 valence electrons. The van der Waals surface area contributed by atoms with Crippen LogP contribution in [0.25, 0.3) is 6.08 Å². The summed E-state index contributed by atoms with van der Waals surface area (Å²) in [6, 6.07) is 0. The maximum Gasteiger partial charge on any atom is 0.250 e. The SMILES string of the molecule is C=Cc1nc(C2CCC(F)(F)C2)no1. The van der Waals surface area contributed by atoms with Crippen LogP contribution in [0.15, 0.2) is 11.1 Å². The molecule has 2 rings (SSSR count). The summed E-state index contributed by atoms with van der Waals surface area (Å²) in [5, 5.41) is 3.64. The van der Waals surface area contributed by atoms with Crippen LogP contribution in [0.1, 0.15) is 36.9 Å². The lowest BCUT2D eigenvalue weighted by Gasteiger charge is -2.06. The maximum atomic E-state index is 12.9. The average molecular weight is 200 g/mol. The molecule has 3 nitrogen and oxygen atoms in total. The van der Waals surface area contributed by atoms with Crippen LogP contribution < -0.4 is 0 Å². The van der Waals surface area contributed by atoms with Gasteiger partial charge in [-0.15, -0.1) is 0 Å². The van der Waals surface area contributed by atoms with Crippen molar-refractivity contribution in [1.82, 2.24) is 10.1 Å². The molecule has 1 heterocycles. The lowest BCUT2D eigenvalue weighted by Crippen LogP contribution is -2.09. The third-order valence-electron chi connectivity index (χ3n) is 2.40. The molecule has 0 radical (unpaired) electrons. The van der Waals surface area contributed by atoms with Gasteiger partial charge >= 0.3 is 0 Å².